The van der Waals surface area contributed by atoms with Gasteiger partial charge >= 0.3 is 0 Å². The first-order valence-electron chi connectivity index (χ1n) is 9.23. The molecule has 3 aromatic rings. The minimum absolute atomic E-state index is 0.0140. The molecule has 2 aromatic heterocycles. The van der Waals surface area contributed by atoms with Gasteiger partial charge in [0.05, 0.1) is 11.3 Å². The summed E-state index contributed by atoms with van der Waals surface area (Å²) in [7, 11) is 0. The maximum absolute atomic E-state index is 12.2. The van der Waals surface area contributed by atoms with Gasteiger partial charge in [-0.1, -0.05) is 24.3 Å². The van der Waals surface area contributed by atoms with Gasteiger partial charge in [-0.3, -0.25) is 19.7 Å². The number of rotatable bonds is 7. The van der Waals surface area contributed by atoms with Crippen molar-refractivity contribution in [2.24, 2.45) is 0 Å². The smallest absolute Gasteiger partial charge is 0.258 e. The predicted octanol–water partition coefficient (Wildman–Crippen LogP) is 3.21. The summed E-state index contributed by atoms with van der Waals surface area (Å²) in [6.07, 6.45) is 3.12. The molecule has 3 N–H and O–H groups in total. The molecule has 150 valence electrons. The summed E-state index contributed by atoms with van der Waals surface area (Å²) in [6, 6.07) is 11.0. The number of amides is 2. The standard InChI is InChI=1S/C21H22N4O3S/c1-13(23-14(2)26)3-4-15-5-7-16(8-6-15)18-12-29-21(24-18)25-20(28)17-9-10-19(27)22-11-17/h5-13H,3-4H2,1-2H3,(H,22,27)(H,23,26)(H,24,25,28). The topological polar surface area (TPSA) is 104 Å². The van der Waals surface area contributed by atoms with Crippen LogP contribution >= 0.6 is 11.3 Å². The van der Waals surface area contributed by atoms with E-state index in [1.807, 2.05) is 36.6 Å². The minimum Gasteiger partial charge on any atom is -0.354 e. The van der Waals surface area contributed by atoms with Crippen LogP contribution in [0.25, 0.3) is 11.3 Å². The highest BCUT2D eigenvalue weighted by atomic mass is 32.1. The third kappa shape index (κ3) is 5.86. The van der Waals surface area contributed by atoms with Gasteiger partial charge in [0.15, 0.2) is 5.13 Å². The molecular weight excluding hydrogens is 388 g/mol. The zero-order valence-corrected chi connectivity index (χ0v) is 17.0. The van der Waals surface area contributed by atoms with E-state index in [9.17, 15) is 14.4 Å². The summed E-state index contributed by atoms with van der Waals surface area (Å²) < 4.78 is 0. The average Bonchev–Trinajstić information content (AvgIpc) is 3.15. The molecule has 0 aliphatic heterocycles. The Morgan fingerprint density at radius 3 is 2.59 bits per heavy atom. The van der Waals surface area contributed by atoms with Crippen LogP contribution in [0, 0.1) is 0 Å². The number of anilines is 1. The highest BCUT2D eigenvalue weighted by molar-refractivity contribution is 7.14. The number of aromatic amines is 1. The van der Waals surface area contributed by atoms with Gasteiger partial charge in [-0.15, -0.1) is 11.3 Å². The molecule has 29 heavy (non-hydrogen) atoms. The molecule has 3 rings (SSSR count). The fourth-order valence-electron chi connectivity index (χ4n) is 2.83. The zero-order valence-electron chi connectivity index (χ0n) is 16.2. The molecular formula is C21H22N4O3S. The molecule has 0 saturated carbocycles. The van der Waals surface area contributed by atoms with E-state index < -0.39 is 0 Å². The number of aromatic nitrogens is 2. The number of benzene rings is 1. The Morgan fingerprint density at radius 1 is 1.17 bits per heavy atom. The van der Waals surface area contributed by atoms with E-state index in [0.29, 0.717) is 10.7 Å². The zero-order chi connectivity index (χ0) is 20.8. The van der Waals surface area contributed by atoms with Crippen molar-refractivity contribution in [3.8, 4) is 11.3 Å². The molecule has 0 radical (unpaired) electrons. The molecule has 1 unspecified atom stereocenters. The van der Waals surface area contributed by atoms with Crippen LogP contribution in [0.1, 0.15) is 36.2 Å². The summed E-state index contributed by atoms with van der Waals surface area (Å²) in [4.78, 5) is 41.3. The van der Waals surface area contributed by atoms with Crippen LogP contribution < -0.4 is 16.2 Å². The lowest BCUT2D eigenvalue weighted by Crippen LogP contribution is -2.30. The summed E-state index contributed by atoms with van der Waals surface area (Å²) >= 11 is 1.34. The SMILES string of the molecule is CC(=O)NC(C)CCc1ccc(-c2csc(NC(=O)c3ccc(=O)[nH]c3)n2)cc1. The predicted molar refractivity (Wildman–Crippen MR) is 114 cm³/mol. The number of hydrogen-bond donors (Lipinski definition) is 3. The maximum Gasteiger partial charge on any atom is 0.258 e. The number of nitrogens with one attached hydrogen (secondary N) is 3. The molecule has 0 bridgehead atoms. The van der Waals surface area contributed by atoms with Crippen molar-refractivity contribution in [1.82, 2.24) is 15.3 Å². The van der Waals surface area contributed by atoms with Gasteiger partial charge < -0.3 is 10.3 Å². The molecule has 0 fully saturated rings. The van der Waals surface area contributed by atoms with E-state index in [1.54, 1.807) is 0 Å². The van der Waals surface area contributed by atoms with Crippen molar-refractivity contribution in [3.63, 3.8) is 0 Å². The number of pyridine rings is 1. The van der Waals surface area contributed by atoms with Gasteiger partial charge in [0.2, 0.25) is 11.5 Å². The third-order valence-electron chi connectivity index (χ3n) is 4.34. The molecule has 2 amide bonds. The highest BCUT2D eigenvalue weighted by Crippen LogP contribution is 2.25. The number of aryl methyl sites for hydroxylation is 1. The Balaban J connectivity index is 1.59. The Morgan fingerprint density at radius 2 is 1.93 bits per heavy atom. The van der Waals surface area contributed by atoms with Crippen LogP contribution in [-0.2, 0) is 11.2 Å². The van der Waals surface area contributed by atoms with Crippen LogP contribution in [0.3, 0.4) is 0 Å². The molecule has 1 aromatic carbocycles. The van der Waals surface area contributed by atoms with E-state index >= 15 is 0 Å². The van der Waals surface area contributed by atoms with Crippen molar-refractivity contribution in [1.29, 1.82) is 0 Å². The Hall–Kier alpha value is -3.26. The first-order valence-corrected chi connectivity index (χ1v) is 10.1. The molecule has 1 atom stereocenters. The Labute approximate surface area is 172 Å². The first-order chi connectivity index (χ1) is 13.9. The lowest BCUT2D eigenvalue weighted by atomic mass is 10.0. The van der Waals surface area contributed by atoms with E-state index in [4.69, 9.17) is 0 Å². The third-order valence-corrected chi connectivity index (χ3v) is 5.09. The number of nitrogens with zero attached hydrogens (tertiary/aromatic N) is 1. The van der Waals surface area contributed by atoms with Crippen LogP contribution in [-0.4, -0.2) is 27.8 Å². The largest absolute Gasteiger partial charge is 0.354 e. The normalized spacial score (nSPS) is 11.7. The average molecular weight is 410 g/mol. The van der Waals surface area contributed by atoms with Crippen molar-refractivity contribution < 1.29 is 9.59 Å². The fourth-order valence-corrected chi connectivity index (χ4v) is 3.54. The number of thiazole rings is 1. The van der Waals surface area contributed by atoms with Gasteiger partial charge in [-0.25, -0.2) is 4.98 Å². The summed E-state index contributed by atoms with van der Waals surface area (Å²) in [5.41, 5.74) is 3.03. The molecule has 0 saturated heterocycles. The van der Waals surface area contributed by atoms with Gasteiger partial charge in [0.1, 0.15) is 0 Å². The van der Waals surface area contributed by atoms with Gasteiger partial charge in [0, 0.05) is 36.2 Å². The molecule has 7 nitrogen and oxygen atoms in total. The van der Waals surface area contributed by atoms with Gasteiger partial charge in [0.25, 0.3) is 5.91 Å². The summed E-state index contributed by atoms with van der Waals surface area (Å²) in [5, 5.41) is 8.00. The van der Waals surface area contributed by atoms with Crippen LogP contribution in [0.4, 0.5) is 5.13 Å². The second kappa shape index (κ2) is 9.29. The minimum atomic E-state index is -0.328. The van der Waals surface area contributed by atoms with Crippen molar-refractivity contribution in [2.45, 2.75) is 32.7 Å². The summed E-state index contributed by atoms with van der Waals surface area (Å²) in [5.74, 6) is -0.342. The summed E-state index contributed by atoms with van der Waals surface area (Å²) in [6.45, 7) is 3.52. The number of carbonyl (C=O) groups is 2. The number of H-pyrrole nitrogens is 1. The van der Waals surface area contributed by atoms with Gasteiger partial charge in [-0.2, -0.15) is 0 Å². The highest BCUT2D eigenvalue weighted by Gasteiger charge is 2.10. The van der Waals surface area contributed by atoms with Crippen molar-refractivity contribution >= 4 is 28.3 Å². The van der Waals surface area contributed by atoms with E-state index in [2.05, 4.69) is 20.6 Å². The maximum atomic E-state index is 12.2. The van der Waals surface area contributed by atoms with Crippen molar-refractivity contribution in [2.75, 3.05) is 5.32 Å². The van der Waals surface area contributed by atoms with Crippen LogP contribution in [0.15, 0.2) is 52.8 Å². The number of carbonyl (C=O) groups excluding carboxylic acids is 2. The molecule has 2 heterocycles. The lowest BCUT2D eigenvalue weighted by molar-refractivity contribution is -0.119. The quantitative estimate of drug-likeness (QED) is 0.556. The molecule has 0 aliphatic rings. The van der Waals surface area contributed by atoms with Gasteiger partial charge in [-0.05, 0) is 31.4 Å². The van der Waals surface area contributed by atoms with Crippen LogP contribution in [0.5, 0.6) is 0 Å². The Kier molecular flexibility index (Phi) is 6.56. The van der Waals surface area contributed by atoms with E-state index in [0.717, 1.165) is 24.1 Å². The molecule has 0 spiro atoms. The monoisotopic (exact) mass is 410 g/mol. The van der Waals surface area contributed by atoms with E-state index in [-0.39, 0.29) is 23.4 Å². The lowest BCUT2D eigenvalue weighted by Gasteiger charge is -2.12. The number of hydrogen-bond acceptors (Lipinski definition) is 5. The molecule has 8 heteroatoms. The Bertz CT molecular complexity index is 1040. The van der Waals surface area contributed by atoms with Crippen molar-refractivity contribution in [3.05, 3.63) is 69.5 Å². The first kappa shape index (κ1) is 20.5. The fraction of sp³-hybridized carbons (Fsp3) is 0.238. The second-order valence-corrected chi connectivity index (χ2v) is 7.63. The second-order valence-electron chi connectivity index (χ2n) is 6.77. The van der Waals surface area contributed by atoms with Crippen LogP contribution in [0.2, 0.25) is 0 Å². The van der Waals surface area contributed by atoms with E-state index in [1.165, 1.54) is 42.2 Å². The molecule has 0 aliphatic carbocycles.